The molecule has 1 aromatic heterocycles. The van der Waals surface area contributed by atoms with Crippen molar-refractivity contribution < 1.29 is 9.32 Å². The SMILES string of the molecule is O=C(Cc1noc2ccccc12)Nc1ccc(Nc2ccccc2)cc1. The summed E-state index contributed by atoms with van der Waals surface area (Å²) in [5, 5.41) is 11.1. The van der Waals surface area contributed by atoms with E-state index in [1.807, 2.05) is 78.9 Å². The van der Waals surface area contributed by atoms with Crippen molar-refractivity contribution in [3.05, 3.63) is 84.6 Å². The molecule has 3 aromatic carbocycles. The predicted molar refractivity (Wildman–Crippen MR) is 103 cm³/mol. The van der Waals surface area contributed by atoms with E-state index in [1.165, 1.54) is 0 Å². The zero-order valence-electron chi connectivity index (χ0n) is 14.0. The number of nitrogens with one attached hydrogen (secondary N) is 2. The fourth-order valence-corrected chi connectivity index (χ4v) is 2.75. The van der Waals surface area contributed by atoms with Gasteiger partial charge in [-0.2, -0.15) is 0 Å². The number of nitrogens with zero attached hydrogens (tertiary/aromatic N) is 1. The third-order valence-corrected chi connectivity index (χ3v) is 4.01. The van der Waals surface area contributed by atoms with E-state index in [0.29, 0.717) is 11.3 Å². The molecule has 0 aliphatic carbocycles. The second-order valence-corrected chi connectivity index (χ2v) is 5.92. The molecule has 5 heteroatoms. The van der Waals surface area contributed by atoms with Gasteiger partial charge in [-0.15, -0.1) is 0 Å². The van der Waals surface area contributed by atoms with Gasteiger partial charge in [-0.3, -0.25) is 4.79 Å². The molecule has 0 unspecified atom stereocenters. The van der Waals surface area contributed by atoms with Crippen LogP contribution in [0.15, 0.2) is 83.4 Å². The van der Waals surface area contributed by atoms with Crippen molar-refractivity contribution in [2.24, 2.45) is 0 Å². The molecule has 2 N–H and O–H groups in total. The zero-order chi connectivity index (χ0) is 17.8. The summed E-state index contributed by atoms with van der Waals surface area (Å²) in [5.74, 6) is -0.132. The third-order valence-electron chi connectivity index (χ3n) is 4.01. The largest absolute Gasteiger partial charge is 0.356 e. The number of para-hydroxylation sites is 2. The molecule has 1 heterocycles. The topological polar surface area (TPSA) is 67.2 Å². The maximum absolute atomic E-state index is 12.3. The van der Waals surface area contributed by atoms with Gasteiger partial charge in [0.2, 0.25) is 5.91 Å². The minimum Gasteiger partial charge on any atom is -0.356 e. The van der Waals surface area contributed by atoms with Gasteiger partial charge in [0.05, 0.1) is 6.42 Å². The molecule has 26 heavy (non-hydrogen) atoms. The van der Waals surface area contributed by atoms with E-state index < -0.39 is 0 Å². The molecule has 0 aliphatic rings. The molecule has 0 atom stereocenters. The number of rotatable bonds is 5. The van der Waals surface area contributed by atoms with Crippen LogP contribution in [0.4, 0.5) is 17.1 Å². The zero-order valence-corrected chi connectivity index (χ0v) is 14.0. The Hall–Kier alpha value is -3.60. The van der Waals surface area contributed by atoms with Crippen molar-refractivity contribution >= 4 is 33.9 Å². The summed E-state index contributed by atoms with van der Waals surface area (Å²) in [6, 6.07) is 25.0. The highest BCUT2D eigenvalue weighted by Crippen LogP contribution is 2.20. The minimum atomic E-state index is -0.132. The molecule has 128 valence electrons. The Morgan fingerprint density at radius 2 is 1.46 bits per heavy atom. The Kier molecular flexibility index (Phi) is 4.35. The molecule has 0 saturated carbocycles. The lowest BCUT2D eigenvalue weighted by atomic mass is 10.1. The lowest BCUT2D eigenvalue weighted by molar-refractivity contribution is -0.115. The van der Waals surface area contributed by atoms with Gasteiger partial charge in [0.1, 0.15) is 5.69 Å². The number of aromatic nitrogens is 1. The molecule has 5 nitrogen and oxygen atoms in total. The van der Waals surface area contributed by atoms with Gasteiger partial charge >= 0.3 is 0 Å². The number of amides is 1. The summed E-state index contributed by atoms with van der Waals surface area (Å²) < 4.78 is 5.23. The average Bonchev–Trinajstić information content (AvgIpc) is 3.07. The molecule has 0 spiro atoms. The molecular weight excluding hydrogens is 326 g/mol. The average molecular weight is 343 g/mol. The van der Waals surface area contributed by atoms with Gasteiger partial charge < -0.3 is 15.2 Å². The Morgan fingerprint density at radius 3 is 2.27 bits per heavy atom. The first-order valence-corrected chi connectivity index (χ1v) is 8.33. The monoisotopic (exact) mass is 343 g/mol. The number of anilines is 3. The van der Waals surface area contributed by atoms with E-state index in [9.17, 15) is 4.79 Å². The van der Waals surface area contributed by atoms with Gasteiger partial charge in [-0.05, 0) is 48.5 Å². The van der Waals surface area contributed by atoms with Crippen molar-refractivity contribution in [3.8, 4) is 0 Å². The van der Waals surface area contributed by atoms with Crippen LogP contribution in [0.5, 0.6) is 0 Å². The summed E-state index contributed by atoms with van der Waals surface area (Å²) in [6.45, 7) is 0. The first kappa shape index (κ1) is 15.9. The third kappa shape index (κ3) is 3.57. The highest BCUT2D eigenvalue weighted by Gasteiger charge is 2.12. The second-order valence-electron chi connectivity index (χ2n) is 5.92. The highest BCUT2D eigenvalue weighted by molar-refractivity contribution is 5.94. The van der Waals surface area contributed by atoms with E-state index in [0.717, 1.165) is 22.4 Å². The van der Waals surface area contributed by atoms with E-state index in [2.05, 4.69) is 15.8 Å². The van der Waals surface area contributed by atoms with Crippen LogP contribution in [0, 0.1) is 0 Å². The van der Waals surface area contributed by atoms with Crippen molar-refractivity contribution in [2.45, 2.75) is 6.42 Å². The smallest absolute Gasteiger partial charge is 0.230 e. The Bertz CT molecular complexity index is 1020. The van der Waals surface area contributed by atoms with Crippen LogP contribution in [0.1, 0.15) is 5.69 Å². The summed E-state index contributed by atoms with van der Waals surface area (Å²) in [7, 11) is 0. The lowest BCUT2D eigenvalue weighted by Crippen LogP contribution is -2.14. The molecule has 1 amide bonds. The van der Waals surface area contributed by atoms with Crippen LogP contribution >= 0.6 is 0 Å². The maximum Gasteiger partial charge on any atom is 0.230 e. The number of carbonyl (C=O) groups is 1. The Labute approximate surface area is 150 Å². The van der Waals surface area contributed by atoms with Crippen LogP contribution in [-0.4, -0.2) is 11.1 Å². The molecule has 0 radical (unpaired) electrons. The van der Waals surface area contributed by atoms with Gasteiger partial charge in [-0.1, -0.05) is 35.5 Å². The van der Waals surface area contributed by atoms with Gasteiger partial charge in [-0.25, -0.2) is 0 Å². The van der Waals surface area contributed by atoms with E-state index in [1.54, 1.807) is 0 Å². The van der Waals surface area contributed by atoms with Crippen LogP contribution in [0.25, 0.3) is 11.0 Å². The molecule has 0 bridgehead atoms. The van der Waals surface area contributed by atoms with E-state index in [4.69, 9.17) is 4.52 Å². The number of hydrogen-bond donors (Lipinski definition) is 2. The minimum absolute atomic E-state index is 0.132. The molecule has 0 saturated heterocycles. The predicted octanol–water partition coefficient (Wildman–Crippen LogP) is 4.75. The van der Waals surface area contributed by atoms with Gasteiger partial charge in [0, 0.05) is 22.4 Å². The normalized spacial score (nSPS) is 10.6. The molecule has 0 aliphatic heterocycles. The number of benzene rings is 3. The van der Waals surface area contributed by atoms with Crippen LogP contribution in [-0.2, 0) is 11.2 Å². The summed E-state index contributed by atoms with van der Waals surface area (Å²) >= 11 is 0. The van der Waals surface area contributed by atoms with Crippen molar-refractivity contribution in [1.82, 2.24) is 5.16 Å². The van der Waals surface area contributed by atoms with Crippen LogP contribution < -0.4 is 10.6 Å². The summed E-state index contributed by atoms with van der Waals surface area (Å²) in [4.78, 5) is 12.3. The van der Waals surface area contributed by atoms with Crippen molar-refractivity contribution in [2.75, 3.05) is 10.6 Å². The Morgan fingerprint density at radius 1 is 0.808 bits per heavy atom. The van der Waals surface area contributed by atoms with Crippen LogP contribution in [0.3, 0.4) is 0 Å². The fourth-order valence-electron chi connectivity index (χ4n) is 2.75. The van der Waals surface area contributed by atoms with Gasteiger partial charge in [0.15, 0.2) is 5.58 Å². The number of fused-ring (bicyclic) bond motifs is 1. The van der Waals surface area contributed by atoms with Crippen molar-refractivity contribution in [3.63, 3.8) is 0 Å². The molecule has 4 rings (SSSR count). The van der Waals surface area contributed by atoms with Crippen molar-refractivity contribution in [1.29, 1.82) is 0 Å². The first-order valence-electron chi connectivity index (χ1n) is 8.33. The van der Waals surface area contributed by atoms with Crippen LogP contribution in [0.2, 0.25) is 0 Å². The molecule has 0 fully saturated rings. The second kappa shape index (κ2) is 7.11. The quantitative estimate of drug-likeness (QED) is 0.548. The lowest BCUT2D eigenvalue weighted by Gasteiger charge is -2.08. The summed E-state index contributed by atoms with van der Waals surface area (Å²) in [5.41, 5.74) is 4.03. The summed E-state index contributed by atoms with van der Waals surface area (Å²) in [6.07, 6.45) is 0.168. The van der Waals surface area contributed by atoms with E-state index >= 15 is 0 Å². The molecule has 4 aromatic rings. The highest BCUT2D eigenvalue weighted by atomic mass is 16.5. The molecular formula is C21H17N3O2. The van der Waals surface area contributed by atoms with Gasteiger partial charge in [0.25, 0.3) is 0 Å². The first-order chi connectivity index (χ1) is 12.8. The fraction of sp³-hybridized carbons (Fsp3) is 0.0476. The van der Waals surface area contributed by atoms with E-state index in [-0.39, 0.29) is 12.3 Å². The standard InChI is InChI=1S/C21H17N3O2/c25-21(14-19-18-8-4-5-9-20(18)26-24-19)23-17-12-10-16(11-13-17)22-15-6-2-1-3-7-15/h1-13,22H,14H2,(H,23,25). The maximum atomic E-state index is 12.3. The number of carbonyl (C=O) groups excluding carboxylic acids is 1. The number of hydrogen-bond acceptors (Lipinski definition) is 4. The Balaban J connectivity index is 1.40.